The third-order valence-electron chi connectivity index (χ3n) is 4.21. The van der Waals surface area contributed by atoms with Gasteiger partial charge >= 0.3 is 0 Å². The Labute approximate surface area is 137 Å². The van der Waals surface area contributed by atoms with E-state index in [2.05, 4.69) is 10.3 Å². The first-order valence-corrected chi connectivity index (χ1v) is 7.00. The zero-order valence-electron chi connectivity index (χ0n) is 11.7. The van der Waals surface area contributed by atoms with E-state index >= 15 is 0 Å². The number of benzene rings is 1. The molecule has 0 radical (unpaired) electrons. The molecule has 2 aliphatic carbocycles. The van der Waals surface area contributed by atoms with Crippen LogP contribution in [0.2, 0.25) is 0 Å². The maximum absolute atomic E-state index is 5.96. The summed E-state index contributed by atoms with van der Waals surface area (Å²) in [6.45, 7) is 0. The Hall–Kier alpha value is -0.980. The molecule has 0 aliphatic heterocycles. The van der Waals surface area contributed by atoms with Gasteiger partial charge in [-0.15, -0.1) is 24.0 Å². The number of aliphatic imine (C=N–C) groups is 1. The zero-order chi connectivity index (χ0) is 13.2. The second-order valence-corrected chi connectivity index (χ2v) is 5.53. The quantitative estimate of drug-likeness (QED) is 0.474. The molecule has 1 aromatic carbocycles. The van der Waals surface area contributed by atoms with E-state index in [1.807, 2.05) is 24.3 Å². The van der Waals surface area contributed by atoms with Gasteiger partial charge in [0.2, 0.25) is 0 Å². The van der Waals surface area contributed by atoms with Crippen molar-refractivity contribution in [3.63, 3.8) is 0 Å². The van der Waals surface area contributed by atoms with E-state index in [1.165, 1.54) is 25.7 Å². The van der Waals surface area contributed by atoms with Crippen molar-refractivity contribution in [2.45, 2.75) is 31.7 Å². The van der Waals surface area contributed by atoms with Crippen molar-refractivity contribution in [3.05, 3.63) is 24.3 Å². The number of nitrogens with zero attached hydrogens (tertiary/aromatic N) is 1. The predicted octanol–water partition coefficient (Wildman–Crippen LogP) is 3.23. The number of ether oxygens (including phenoxy) is 1. The standard InChI is InChI=1S/C15H21N3O.HI/c1-19-12-7-3-6-11(8-12)17-15(16)18-14-9-13(14)10-4-2-5-10;/h3,6-8,10,13-14H,2,4-5,9H2,1H3,(H3,16,17,18);1H/t13-,14+;/m0./s1. The molecule has 0 unspecified atom stereocenters. The predicted molar refractivity (Wildman–Crippen MR) is 92.9 cm³/mol. The number of halogens is 1. The van der Waals surface area contributed by atoms with Crippen LogP contribution in [-0.2, 0) is 0 Å². The summed E-state index contributed by atoms with van der Waals surface area (Å²) in [7, 11) is 1.66. The molecule has 2 aliphatic rings. The summed E-state index contributed by atoms with van der Waals surface area (Å²) < 4.78 is 5.18. The van der Waals surface area contributed by atoms with Crippen LogP contribution in [0.15, 0.2) is 29.3 Å². The first-order chi connectivity index (χ1) is 9.26. The van der Waals surface area contributed by atoms with Crippen LogP contribution in [0.1, 0.15) is 25.7 Å². The minimum Gasteiger partial charge on any atom is -0.497 e. The summed E-state index contributed by atoms with van der Waals surface area (Å²) in [5.74, 6) is 3.04. The highest BCUT2D eigenvalue weighted by atomic mass is 127. The molecule has 110 valence electrons. The van der Waals surface area contributed by atoms with Gasteiger partial charge in [-0.2, -0.15) is 0 Å². The number of hydrogen-bond donors (Lipinski definition) is 2. The zero-order valence-corrected chi connectivity index (χ0v) is 14.0. The van der Waals surface area contributed by atoms with Gasteiger partial charge in [-0.1, -0.05) is 25.3 Å². The van der Waals surface area contributed by atoms with E-state index in [4.69, 9.17) is 10.5 Å². The third-order valence-corrected chi connectivity index (χ3v) is 4.21. The second kappa shape index (κ2) is 6.65. The van der Waals surface area contributed by atoms with Crippen LogP contribution in [0.25, 0.3) is 0 Å². The van der Waals surface area contributed by atoms with Crippen LogP contribution < -0.4 is 15.8 Å². The number of nitrogens with one attached hydrogen (secondary N) is 1. The number of hydrogen-bond acceptors (Lipinski definition) is 2. The third kappa shape index (κ3) is 3.56. The minimum absolute atomic E-state index is 0. The molecule has 20 heavy (non-hydrogen) atoms. The minimum atomic E-state index is 0. The molecule has 5 heteroatoms. The maximum atomic E-state index is 5.96. The summed E-state index contributed by atoms with van der Waals surface area (Å²) >= 11 is 0. The lowest BCUT2D eigenvalue weighted by molar-refractivity contribution is 0.274. The van der Waals surface area contributed by atoms with E-state index in [1.54, 1.807) is 7.11 Å². The molecule has 2 atom stereocenters. The molecule has 3 rings (SSSR count). The Balaban J connectivity index is 0.00000147. The molecule has 0 spiro atoms. The molecule has 0 heterocycles. The fourth-order valence-electron chi connectivity index (χ4n) is 2.78. The average Bonchev–Trinajstić information content (AvgIpc) is 3.05. The Bertz CT molecular complexity index is 488. The molecule has 0 saturated heterocycles. The number of methoxy groups -OCH3 is 1. The smallest absolute Gasteiger partial charge is 0.193 e. The van der Waals surface area contributed by atoms with Crippen molar-refractivity contribution in [2.24, 2.45) is 22.6 Å². The van der Waals surface area contributed by atoms with Gasteiger partial charge in [0.25, 0.3) is 0 Å². The van der Waals surface area contributed by atoms with E-state index < -0.39 is 0 Å². The Kier molecular flexibility index (Phi) is 5.12. The molecule has 2 saturated carbocycles. The Morgan fingerprint density at radius 3 is 2.85 bits per heavy atom. The monoisotopic (exact) mass is 387 g/mol. The molecule has 1 aromatic rings. The van der Waals surface area contributed by atoms with E-state index in [-0.39, 0.29) is 24.0 Å². The molecule has 4 nitrogen and oxygen atoms in total. The van der Waals surface area contributed by atoms with Crippen LogP contribution in [0.3, 0.4) is 0 Å². The van der Waals surface area contributed by atoms with Crippen LogP contribution in [0.5, 0.6) is 5.75 Å². The van der Waals surface area contributed by atoms with Gasteiger partial charge in [-0.3, -0.25) is 0 Å². The van der Waals surface area contributed by atoms with Crippen LogP contribution in [0, 0.1) is 11.8 Å². The first kappa shape index (κ1) is 15.4. The van der Waals surface area contributed by atoms with E-state index in [9.17, 15) is 0 Å². The molecule has 3 N–H and O–H groups in total. The van der Waals surface area contributed by atoms with Crippen LogP contribution >= 0.6 is 24.0 Å². The van der Waals surface area contributed by atoms with Crippen molar-refractivity contribution < 1.29 is 4.74 Å². The van der Waals surface area contributed by atoms with Gasteiger partial charge in [-0.05, 0) is 30.4 Å². The SMILES string of the molecule is COc1cccc(NC(N)=N[C@@H]2C[C@H]2C2CCC2)c1.I. The van der Waals surface area contributed by atoms with Gasteiger partial charge in [0.15, 0.2) is 5.96 Å². The summed E-state index contributed by atoms with van der Waals surface area (Å²) in [4.78, 5) is 4.57. The molecule has 0 bridgehead atoms. The Morgan fingerprint density at radius 1 is 1.40 bits per heavy atom. The molecular weight excluding hydrogens is 365 g/mol. The van der Waals surface area contributed by atoms with Gasteiger partial charge < -0.3 is 15.8 Å². The summed E-state index contributed by atoms with van der Waals surface area (Å²) in [5, 5.41) is 3.13. The van der Waals surface area contributed by atoms with Gasteiger partial charge in [0.1, 0.15) is 5.75 Å². The lowest BCUT2D eigenvalue weighted by atomic mass is 9.81. The van der Waals surface area contributed by atoms with E-state index in [0.29, 0.717) is 12.0 Å². The van der Waals surface area contributed by atoms with Gasteiger partial charge in [-0.25, -0.2) is 4.99 Å². The summed E-state index contributed by atoms with van der Waals surface area (Å²) in [6, 6.07) is 8.16. The first-order valence-electron chi connectivity index (χ1n) is 7.00. The largest absolute Gasteiger partial charge is 0.497 e. The maximum Gasteiger partial charge on any atom is 0.193 e. The number of guanidine groups is 1. The van der Waals surface area contributed by atoms with Crippen molar-refractivity contribution in [2.75, 3.05) is 12.4 Å². The number of nitrogens with two attached hydrogens (primary N) is 1. The topological polar surface area (TPSA) is 59.6 Å². The molecule has 0 amide bonds. The lowest BCUT2D eigenvalue weighted by Gasteiger charge is -2.25. The highest BCUT2D eigenvalue weighted by Gasteiger charge is 2.45. The second-order valence-electron chi connectivity index (χ2n) is 5.53. The molecular formula is C15H22IN3O. The average molecular weight is 387 g/mol. The van der Waals surface area contributed by atoms with Crippen molar-refractivity contribution in [1.29, 1.82) is 0 Å². The fourth-order valence-corrected chi connectivity index (χ4v) is 2.78. The number of rotatable bonds is 4. The van der Waals surface area contributed by atoms with Crippen LogP contribution in [0.4, 0.5) is 5.69 Å². The fraction of sp³-hybridized carbons (Fsp3) is 0.533. The van der Waals surface area contributed by atoms with Gasteiger partial charge in [0.05, 0.1) is 13.2 Å². The van der Waals surface area contributed by atoms with Crippen molar-refractivity contribution in [3.8, 4) is 5.75 Å². The highest BCUT2D eigenvalue weighted by Crippen LogP contribution is 2.48. The van der Waals surface area contributed by atoms with Gasteiger partial charge in [0, 0.05) is 11.8 Å². The lowest BCUT2D eigenvalue weighted by Crippen LogP contribution is -2.24. The Morgan fingerprint density at radius 2 is 2.20 bits per heavy atom. The van der Waals surface area contributed by atoms with E-state index in [0.717, 1.165) is 23.3 Å². The number of anilines is 1. The molecule has 2 fully saturated rings. The summed E-state index contributed by atoms with van der Waals surface area (Å²) in [5.41, 5.74) is 6.88. The normalized spacial score (nSPS) is 25.4. The highest BCUT2D eigenvalue weighted by molar-refractivity contribution is 14.0. The van der Waals surface area contributed by atoms with Crippen molar-refractivity contribution in [1.82, 2.24) is 0 Å². The van der Waals surface area contributed by atoms with Crippen molar-refractivity contribution >= 4 is 35.6 Å². The van der Waals surface area contributed by atoms with Crippen LogP contribution in [-0.4, -0.2) is 19.1 Å². The molecule has 0 aromatic heterocycles. The summed E-state index contributed by atoms with van der Waals surface area (Å²) in [6.07, 6.45) is 5.39.